The zero-order valence-electron chi connectivity index (χ0n) is 12.0. The normalized spacial score (nSPS) is 11.1. The first-order chi connectivity index (χ1) is 9.88. The predicted octanol–water partition coefficient (Wildman–Crippen LogP) is 1.09. The molecule has 7 heteroatoms. The van der Waals surface area contributed by atoms with Crippen LogP contribution in [0, 0.1) is 12.3 Å². The molecule has 0 spiro atoms. The van der Waals surface area contributed by atoms with E-state index in [2.05, 4.69) is 10.7 Å². The number of nitrogens with two attached hydrogens (primary N) is 1. The van der Waals surface area contributed by atoms with Crippen LogP contribution in [-0.4, -0.2) is 38.9 Å². The molecule has 114 valence electrons. The zero-order valence-corrected chi connectivity index (χ0v) is 12.8. The number of carbonyl (C=O) groups excluding carboxylic acids is 1. The Morgan fingerprint density at radius 1 is 1.48 bits per heavy atom. The third-order valence-corrected chi connectivity index (χ3v) is 4.71. The molecule has 1 aromatic carbocycles. The minimum absolute atomic E-state index is 0.0176. The number of hydrogen-bond acceptors (Lipinski definition) is 5. The number of terminal acetylenes is 1. The summed E-state index contributed by atoms with van der Waals surface area (Å²) in [5, 5.41) is 0. The van der Waals surface area contributed by atoms with Gasteiger partial charge in [-0.15, -0.1) is 6.42 Å². The molecule has 0 bridgehead atoms. The van der Waals surface area contributed by atoms with Gasteiger partial charge in [-0.2, -0.15) is 4.31 Å². The van der Waals surface area contributed by atoms with E-state index in [1.54, 1.807) is 0 Å². The zero-order chi connectivity index (χ0) is 16.0. The average molecular weight is 310 g/mol. The number of hydrogen-bond donors (Lipinski definition) is 1. The van der Waals surface area contributed by atoms with Crippen LogP contribution >= 0.6 is 0 Å². The molecule has 0 aliphatic rings. The van der Waals surface area contributed by atoms with E-state index in [0.29, 0.717) is 13.0 Å². The van der Waals surface area contributed by atoms with Crippen molar-refractivity contribution >= 4 is 21.7 Å². The van der Waals surface area contributed by atoms with E-state index in [0.717, 1.165) is 0 Å². The molecule has 0 unspecified atom stereocenters. The number of nitrogen functional groups attached to an aromatic ring is 1. The Morgan fingerprint density at radius 3 is 2.62 bits per heavy atom. The molecule has 1 aromatic rings. The highest BCUT2D eigenvalue weighted by atomic mass is 32.2. The van der Waals surface area contributed by atoms with E-state index in [1.165, 1.54) is 29.6 Å². The molecular formula is C14H18N2O4S. The highest BCUT2D eigenvalue weighted by Crippen LogP contribution is 2.24. The van der Waals surface area contributed by atoms with Gasteiger partial charge in [-0.25, -0.2) is 13.2 Å². The van der Waals surface area contributed by atoms with Gasteiger partial charge in [0.25, 0.3) is 0 Å². The van der Waals surface area contributed by atoms with Gasteiger partial charge >= 0.3 is 5.97 Å². The first kappa shape index (κ1) is 17.0. The lowest BCUT2D eigenvalue weighted by Gasteiger charge is -2.20. The highest BCUT2D eigenvalue weighted by molar-refractivity contribution is 7.89. The van der Waals surface area contributed by atoms with Gasteiger partial charge in [0, 0.05) is 6.54 Å². The molecule has 1 rings (SSSR count). The summed E-state index contributed by atoms with van der Waals surface area (Å²) in [5.41, 5.74) is 5.94. The summed E-state index contributed by atoms with van der Waals surface area (Å²) < 4.78 is 30.8. The number of benzene rings is 1. The molecule has 0 radical (unpaired) electrons. The van der Waals surface area contributed by atoms with Crippen molar-refractivity contribution in [3.8, 4) is 12.3 Å². The van der Waals surface area contributed by atoms with Gasteiger partial charge in [0.1, 0.15) is 4.90 Å². The lowest BCUT2D eigenvalue weighted by Crippen LogP contribution is -2.32. The SMILES string of the molecule is C#CCN(CCC)S(=O)(=O)c1ccc(C(=O)OC)cc1N. The van der Waals surface area contributed by atoms with Crippen molar-refractivity contribution in [1.29, 1.82) is 0 Å². The summed E-state index contributed by atoms with van der Waals surface area (Å²) in [7, 11) is -2.56. The fraction of sp³-hybridized carbons (Fsp3) is 0.357. The molecule has 2 N–H and O–H groups in total. The fourth-order valence-corrected chi connectivity index (χ4v) is 3.35. The molecule has 6 nitrogen and oxygen atoms in total. The molecule has 0 saturated heterocycles. The Bertz CT molecular complexity index is 662. The second kappa shape index (κ2) is 7.11. The standard InChI is InChI=1S/C14H18N2O4S/c1-4-8-16(9-5-2)21(18,19)13-7-6-11(10-12(13)15)14(17)20-3/h1,6-7,10H,5,8-9,15H2,2-3H3. The van der Waals surface area contributed by atoms with Crippen molar-refractivity contribution < 1.29 is 17.9 Å². The number of rotatable bonds is 6. The van der Waals surface area contributed by atoms with Crippen LogP contribution in [0.15, 0.2) is 23.1 Å². The maximum atomic E-state index is 12.5. The summed E-state index contributed by atoms with van der Waals surface area (Å²) in [5.74, 6) is 1.73. The fourth-order valence-electron chi connectivity index (χ4n) is 1.80. The minimum Gasteiger partial charge on any atom is -0.465 e. The van der Waals surface area contributed by atoms with E-state index in [1.807, 2.05) is 6.92 Å². The molecular weight excluding hydrogens is 292 g/mol. The van der Waals surface area contributed by atoms with Crippen LogP contribution in [0.2, 0.25) is 0 Å². The van der Waals surface area contributed by atoms with Gasteiger partial charge in [-0.05, 0) is 24.6 Å². The molecule has 0 saturated carbocycles. The van der Waals surface area contributed by atoms with Crippen LogP contribution in [0.3, 0.4) is 0 Å². The smallest absolute Gasteiger partial charge is 0.337 e. The van der Waals surface area contributed by atoms with Crippen LogP contribution in [0.25, 0.3) is 0 Å². The Labute approximate surface area is 124 Å². The number of carbonyl (C=O) groups is 1. The number of esters is 1. The number of anilines is 1. The summed E-state index contributed by atoms with van der Waals surface area (Å²) in [6, 6.07) is 3.92. The van der Waals surface area contributed by atoms with E-state index < -0.39 is 16.0 Å². The van der Waals surface area contributed by atoms with Gasteiger partial charge in [-0.1, -0.05) is 12.8 Å². The largest absolute Gasteiger partial charge is 0.465 e. The van der Waals surface area contributed by atoms with E-state index in [-0.39, 0.29) is 22.7 Å². The van der Waals surface area contributed by atoms with Crippen molar-refractivity contribution in [3.63, 3.8) is 0 Å². The maximum Gasteiger partial charge on any atom is 0.337 e. The van der Waals surface area contributed by atoms with Gasteiger partial charge in [0.05, 0.1) is 24.9 Å². The van der Waals surface area contributed by atoms with Crippen LogP contribution in [0.1, 0.15) is 23.7 Å². The number of sulfonamides is 1. The molecule has 0 amide bonds. The molecule has 0 aliphatic carbocycles. The van der Waals surface area contributed by atoms with Crippen LogP contribution in [-0.2, 0) is 14.8 Å². The van der Waals surface area contributed by atoms with Crippen LogP contribution < -0.4 is 5.73 Å². The lowest BCUT2D eigenvalue weighted by atomic mass is 10.2. The number of methoxy groups -OCH3 is 1. The van der Waals surface area contributed by atoms with Gasteiger partial charge in [0.15, 0.2) is 0 Å². The molecule has 21 heavy (non-hydrogen) atoms. The average Bonchev–Trinajstić information content (AvgIpc) is 2.45. The van der Waals surface area contributed by atoms with E-state index >= 15 is 0 Å². The minimum atomic E-state index is -3.79. The lowest BCUT2D eigenvalue weighted by molar-refractivity contribution is 0.0600. The van der Waals surface area contributed by atoms with Crippen molar-refractivity contribution in [2.75, 3.05) is 25.9 Å². The topological polar surface area (TPSA) is 89.7 Å². The Balaban J connectivity index is 3.25. The number of ether oxygens (including phenoxy) is 1. The highest BCUT2D eigenvalue weighted by Gasteiger charge is 2.26. The van der Waals surface area contributed by atoms with Crippen molar-refractivity contribution in [1.82, 2.24) is 4.31 Å². The maximum absolute atomic E-state index is 12.5. The second-order valence-corrected chi connectivity index (χ2v) is 6.19. The first-order valence-corrected chi connectivity index (χ1v) is 7.74. The van der Waals surface area contributed by atoms with Crippen molar-refractivity contribution in [2.24, 2.45) is 0 Å². The molecule has 0 fully saturated rings. The summed E-state index contributed by atoms with van der Waals surface area (Å²) in [6.07, 6.45) is 5.83. The molecule has 0 atom stereocenters. The van der Waals surface area contributed by atoms with Crippen LogP contribution in [0.5, 0.6) is 0 Å². The molecule has 0 aliphatic heterocycles. The Hall–Kier alpha value is -2.04. The van der Waals surface area contributed by atoms with E-state index in [4.69, 9.17) is 12.2 Å². The monoisotopic (exact) mass is 310 g/mol. The Morgan fingerprint density at radius 2 is 2.14 bits per heavy atom. The number of nitrogens with zero attached hydrogens (tertiary/aromatic N) is 1. The summed E-state index contributed by atoms with van der Waals surface area (Å²) >= 11 is 0. The van der Waals surface area contributed by atoms with Crippen molar-refractivity contribution in [2.45, 2.75) is 18.2 Å². The predicted molar refractivity (Wildman–Crippen MR) is 80.1 cm³/mol. The van der Waals surface area contributed by atoms with Gasteiger partial charge in [-0.3, -0.25) is 0 Å². The summed E-state index contributed by atoms with van der Waals surface area (Å²) in [6.45, 7) is 2.11. The van der Waals surface area contributed by atoms with Gasteiger partial charge in [0.2, 0.25) is 10.0 Å². The van der Waals surface area contributed by atoms with Crippen LogP contribution in [0.4, 0.5) is 5.69 Å². The second-order valence-electron chi connectivity index (χ2n) is 4.29. The quantitative estimate of drug-likeness (QED) is 0.482. The van der Waals surface area contributed by atoms with E-state index in [9.17, 15) is 13.2 Å². The Kier molecular flexibility index (Phi) is 5.76. The first-order valence-electron chi connectivity index (χ1n) is 6.30. The van der Waals surface area contributed by atoms with Crippen molar-refractivity contribution in [3.05, 3.63) is 23.8 Å². The third-order valence-electron chi connectivity index (χ3n) is 2.79. The molecule has 0 heterocycles. The third kappa shape index (κ3) is 3.74. The van der Waals surface area contributed by atoms with Gasteiger partial charge < -0.3 is 10.5 Å². The molecule has 0 aromatic heterocycles. The summed E-state index contributed by atoms with van der Waals surface area (Å²) in [4.78, 5) is 11.3.